The van der Waals surface area contributed by atoms with Crippen LogP contribution < -0.4 is 0 Å². The van der Waals surface area contributed by atoms with E-state index >= 15 is 0 Å². The Morgan fingerprint density at radius 2 is 1.43 bits per heavy atom. The van der Waals surface area contributed by atoms with Gasteiger partial charge in [-0.25, -0.2) is 0 Å². The highest BCUT2D eigenvalue weighted by Gasteiger charge is 2.34. The quantitative estimate of drug-likeness (QED) is 0.640. The highest BCUT2D eigenvalue weighted by Crippen LogP contribution is 2.14. The van der Waals surface area contributed by atoms with Gasteiger partial charge in [0.15, 0.2) is 0 Å². The Balaban J connectivity index is 1.84. The van der Waals surface area contributed by atoms with E-state index in [1.165, 1.54) is 4.31 Å². The molecule has 0 aliphatic carbocycles. The highest BCUT2D eigenvalue weighted by molar-refractivity contribution is 7.86. The van der Waals surface area contributed by atoms with Crippen molar-refractivity contribution in [2.75, 3.05) is 66.0 Å². The van der Waals surface area contributed by atoms with E-state index in [1.807, 2.05) is 20.9 Å². The van der Waals surface area contributed by atoms with Gasteiger partial charge in [-0.3, -0.25) is 4.79 Å². The highest BCUT2D eigenvalue weighted by atomic mass is 32.2. The number of hydrogen-bond acceptors (Lipinski definition) is 5. The number of hydrogen-bond donors (Lipinski definition) is 0. The fourth-order valence-electron chi connectivity index (χ4n) is 2.68. The molecule has 0 radical (unpaired) electrons. The molecule has 2 saturated heterocycles. The van der Waals surface area contributed by atoms with Gasteiger partial charge in [-0.2, -0.15) is 17.0 Å². The molecule has 0 aromatic heterocycles. The smallest absolute Gasteiger partial charge is 0.282 e. The molecule has 23 heavy (non-hydrogen) atoms. The maximum atomic E-state index is 12.6. The first-order chi connectivity index (χ1) is 10.8. The van der Waals surface area contributed by atoms with E-state index in [0.717, 1.165) is 13.1 Å². The van der Waals surface area contributed by atoms with E-state index in [1.54, 1.807) is 9.21 Å². The molecule has 1 amide bonds. The van der Waals surface area contributed by atoms with Crippen molar-refractivity contribution in [2.24, 2.45) is 0 Å². The molecule has 0 aromatic rings. The average molecular weight is 348 g/mol. The summed E-state index contributed by atoms with van der Waals surface area (Å²) in [5.74, 6) is -0.0738. The molecular formula is C14H28N4O4S. The molecule has 0 bridgehead atoms. The van der Waals surface area contributed by atoms with Crippen molar-refractivity contribution < 1.29 is 17.9 Å². The second-order valence-corrected chi connectivity index (χ2v) is 8.28. The first kappa shape index (κ1) is 18.6. The number of carbonyl (C=O) groups is 1. The van der Waals surface area contributed by atoms with E-state index in [9.17, 15) is 13.2 Å². The van der Waals surface area contributed by atoms with Crippen LogP contribution in [0.1, 0.15) is 13.8 Å². The zero-order valence-corrected chi connectivity index (χ0v) is 15.1. The third-order valence-corrected chi connectivity index (χ3v) is 6.28. The van der Waals surface area contributed by atoms with Crippen LogP contribution in [-0.2, 0) is 19.7 Å². The van der Waals surface area contributed by atoms with Gasteiger partial charge < -0.3 is 14.5 Å². The molecule has 0 saturated carbocycles. The number of piperazine rings is 2. The minimum Gasteiger partial charge on any atom is -0.369 e. The summed E-state index contributed by atoms with van der Waals surface area (Å²) in [7, 11) is -1.42. The average Bonchev–Trinajstić information content (AvgIpc) is 2.53. The minimum atomic E-state index is -3.41. The molecule has 8 nitrogen and oxygen atoms in total. The number of rotatable bonds is 5. The van der Waals surface area contributed by atoms with Crippen molar-refractivity contribution in [1.82, 2.24) is 18.4 Å². The second-order valence-electron chi connectivity index (χ2n) is 6.35. The molecule has 0 atom stereocenters. The lowest BCUT2D eigenvalue weighted by Gasteiger charge is -2.39. The van der Waals surface area contributed by atoms with Crippen LogP contribution in [0, 0.1) is 0 Å². The topological polar surface area (TPSA) is 73.4 Å². The Bertz CT molecular complexity index is 495. The van der Waals surface area contributed by atoms with E-state index in [0.29, 0.717) is 39.3 Å². The molecular weight excluding hydrogens is 320 g/mol. The van der Waals surface area contributed by atoms with E-state index in [2.05, 4.69) is 4.90 Å². The monoisotopic (exact) mass is 348 g/mol. The van der Waals surface area contributed by atoms with E-state index in [-0.39, 0.29) is 18.6 Å². The third-order valence-electron chi connectivity index (χ3n) is 4.25. The molecule has 0 aromatic carbocycles. The van der Waals surface area contributed by atoms with Gasteiger partial charge >= 0.3 is 0 Å². The fraction of sp³-hybridized carbons (Fsp3) is 0.929. The van der Waals surface area contributed by atoms with Gasteiger partial charge in [0.2, 0.25) is 5.91 Å². The predicted octanol–water partition coefficient (Wildman–Crippen LogP) is -0.952. The van der Waals surface area contributed by atoms with Crippen molar-refractivity contribution in [3.05, 3.63) is 0 Å². The summed E-state index contributed by atoms with van der Waals surface area (Å²) in [4.78, 5) is 15.8. The molecule has 9 heteroatoms. The lowest BCUT2D eigenvalue weighted by Crippen LogP contribution is -2.57. The summed E-state index contributed by atoms with van der Waals surface area (Å²) in [6.07, 6.45) is 0.0119. The molecule has 2 rings (SSSR count). The van der Waals surface area contributed by atoms with Gasteiger partial charge in [-0.15, -0.1) is 0 Å². The van der Waals surface area contributed by atoms with Crippen molar-refractivity contribution in [3.63, 3.8) is 0 Å². The Hall–Kier alpha value is -0.740. The van der Waals surface area contributed by atoms with Crippen molar-refractivity contribution in [2.45, 2.75) is 20.0 Å². The number of carbonyl (C=O) groups excluding carboxylic acids is 1. The Labute approximate surface area is 139 Å². The molecule has 0 unspecified atom stereocenters. The number of nitrogens with zero attached hydrogens (tertiary/aromatic N) is 4. The van der Waals surface area contributed by atoms with Crippen LogP contribution in [0.5, 0.6) is 0 Å². The van der Waals surface area contributed by atoms with Crippen LogP contribution in [0.25, 0.3) is 0 Å². The maximum Gasteiger partial charge on any atom is 0.282 e. The zero-order valence-electron chi connectivity index (χ0n) is 14.3. The lowest BCUT2D eigenvalue weighted by atomic mass is 10.3. The van der Waals surface area contributed by atoms with Crippen LogP contribution in [0.3, 0.4) is 0 Å². The SMILES string of the molecule is CC(C)OCC(=O)N1CCN(S(=O)(=O)N2CCN(C)CC2)CC1. The molecule has 0 N–H and O–H groups in total. The largest absolute Gasteiger partial charge is 0.369 e. The van der Waals surface area contributed by atoms with E-state index in [4.69, 9.17) is 4.74 Å². The summed E-state index contributed by atoms with van der Waals surface area (Å²) in [5, 5.41) is 0. The standard InChI is InChI=1S/C14H28N4O4S/c1-13(2)22-12-14(19)16-6-10-18(11-7-16)23(20,21)17-8-4-15(3)5-9-17/h13H,4-12H2,1-3H3. The van der Waals surface area contributed by atoms with Gasteiger partial charge in [-0.1, -0.05) is 0 Å². The van der Waals surface area contributed by atoms with Gasteiger partial charge in [0.25, 0.3) is 10.2 Å². The van der Waals surface area contributed by atoms with Crippen LogP contribution in [-0.4, -0.2) is 105 Å². The Morgan fingerprint density at radius 1 is 0.957 bits per heavy atom. The van der Waals surface area contributed by atoms with Crippen LogP contribution in [0.15, 0.2) is 0 Å². The summed E-state index contributed by atoms with van der Waals surface area (Å²) in [6.45, 7) is 7.93. The summed E-state index contributed by atoms with van der Waals surface area (Å²) in [5.41, 5.74) is 0. The number of ether oxygens (including phenoxy) is 1. The van der Waals surface area contributed by atoms with Gasteiger partial charge in [0.05, 0.1) is 6.10 Å². The molecule has 0 spiro atoms. The molecule has 2 heterocycles. The van der Waals surface area contributed by atoms with Crippen LogP contribution >= 0.6 is 0 Å². The third kappa shape index (κ3) is 4.87. The van der Waals surface area contributed by atoms with Crippen molar-refractivity contribution >= 4 is 16.1 Å². The first-order valence-electron chi connectivity index (χ1n) is 8.14. The normalized spacial score (nSPS) is 22.7. The van der Waals surface area contributed by atoms with Crippen LogP contribution in [0.4, 0.5) is 0 Å². The number of likely N-dealkylation sites (N-methyl/N-ethyl adjacent to an activating group) is 1. The Morgan fingerprint density at radius 3 is 1.91 bits per heavy atom. The maximum absolute atomic E-state index is 12.6. The second kappa shape index (κ2) is 7.89. The van der Waals surface area contributed by atoms with Gasteiger partial charge in [0.1, 0.15) is 6.61 Å². The summed E-state index contributed by atoms with van der Waals surface area (Å²) in [6, 6.07) is 0. The predicted molar refractivity (Wildman–Crippen MR) is 87.2 cm³/mol. The van der Waals surface area contributed by atoms with Gasteiger partial charge in [0, 0.05) is 52.4 Å². The molecule has 2 fully saturated rings. The van der Waals surface area contributed by atoms with Gasteiger partial charge in [-0.05, 0) is 20.9 Å². The lowest BCUT2D eigenvalue weighted by molar-refractivity contribution is -0.138. The number of amides is 1. The van der Waals surface area contributed by atoms with Crippen molar-refractivity contribution in [3.8, 4) is 0 Å². The molecule has 2 aliphatic heterocycles. The summed E-state index contributed by atoms with van der Waals surface area (Å²) >= 11 is 0. The first-order valence-corrected chi connectivity index (χ1v) is 9.53. The molecule has 134 valence electrons. The zero-order chi connectivity index (χ0) is 17.0. The summed E-state index contributed by atoms with van der Waals surface area (Å²) < 4.78 is 33.6. The minimum absolute atomic E-state index is 0.0119. The van der Waals surface area contributed by atoms with Crippen molar-refractivity contribution in [1.29, 1.82) is 0 Å². The van der Waals surface area contributed by atoms with Crippen LogP contribution in [0.2, 0.25) is 0 Å². The van der Waals surface area contributed by atoms with E-state index < -0.39 is 10.2 Å². The fourth-order valence-corrected chi connectivity index (χ4v) is 4.26. The molecule has 2 aliphatic rings. The Kier molecular flexibility index (Phi) is 6.38.